The molecule has 2 atom stereocenters. The predicted octanol–water partition coefficient (Wildman–Crippen LogP) is 0.852. The van der Waals surface area contributed by atoms with E-state index in [2.05, 4.69) is 0 Å². The summed E-state index contributed by atoms with van der Waals surface area (Å²) in [6.45, 7) is 6.81. The lowest BCUT2D eigenvalue weighted by molar-refractivity contribution is -0.137. The van der Waals surface area contributed by atoms with E-state index in [0.29, 0.717) is 13.1 Å². The van der Waals surface area contributed by atoms with E-state index in [4.69, 9.17) is 5.11 Å². The number of nitrogens with zero attached hydrogens (tertiary/aromatic N) is 2. The summed E-state index contributed by atoms with van der Waals surface area (Å²) in [4.78, 5) is 26.0. The van der Waals surface area contributed by atoms with Crippen LogP contribution >= 0.6 is 0 Å². The molecular weight excluding hydrogens is 248 g/mol. The minimum Gasteiger partial charge on any atom is -0.480 e. The Balaban J connectivity index is 2.67. The van der Waals surface area contributed by atoms with Crippen LogP contribution in [0.1, 0.15) is 27.2 Å². The van der Waals surface area contributed by atoms with Crippen molar-refractivity contribution in [3.8, 4) is 0 Å². The first-order valence-corrected chi connectivity index (χ1v) is 6.75. The number of hydrogen-bond acceptors (Lipinski definition) is 3. The summed E-state index contributed by atoms with van der Waals surface area (Å²) in [5, 5.41) is 18.7. The molecule has 1 aliphatic heterocycles. The van der Waals surface area contributed by atoms with Crippen molar-refractivity contribution in [2.75, 3.05) is 26.2 Å². The lowest BCUT2D eigenvalue weighted by Gasteiger charge is -2.37. The van der Waals surface area contributed by atoms with Crippen LogP contribution in [0.4, 0.5) is 4.79 Å². The Hall–Kier alpha value is -1.30. The molecule has 0 aromatic rings. The number of aliphatic carboxylic acids is 1. The van der Waals surface area contributed by atoms with Crippen molar-refractivity contribution in [1.29, 1.82) is 0 Å². The van der Waals surface area contributed by atoms with Crippen LogP contribution in [-0.4, -0.2) is 64.3 Å². The van der Waals surface area contributed by atoms with Gasteiger partial charge in [-0.3, -0.25) is 4.79 Å². The van der Waals surface area contributed by atoms with Crippen molar-refractivity contribution in [1.82, 2.24) is 9.80 Å². The molecule has 1 rings (SSSR count). The van der Waals surface area contributed by atoms with E-state index in [1.807, 2.05) is 20.8 Å². The van der Waals surface area contributed by atoms with Gasteiger partial charge in [0.15, 0.2) is 0 Å². The Bertz CT molecular complexity index is 333. The third-order valence-electron chi connectivity index (χ3n) is 3.37. The van der Waals surface area contributed by atoms with Crippen LogP contribution in [0.15, 0.2) is 0 Å². The quantitative estimate of drug-likeness (QED) is 0.795. The maximum atomic E-state index is 12.3. The van der Waals surface area contributed by atoms with Crippen LogP contribution in [0.2, 0.25) is 0 Å². The fraction of sp³-hybridized carbons (Fsp3) is 0.846. The Labute approximate surface area is 114 Å². The first-order chi connectivity index (χ1) is 8.81. The Morgan fingerprint density at radius 1 is 1.42 bits per heavy atom. The van der Waals surface area contributed by atoms with E-state index in [-0.39, 0.29) is 31.0 Å². The average molecular weight is 272 g/mol. The van der Waals surface area contributed by atoms with Crippen molar-refractivity contribution >= 4 is 12.0 Å². The Morgan fingerprint density at radius 2 is 2.05 bits per heavy atom. The highest BCUT2D eigenvalue weighted by molar-refractivity contribution is 5.80. The lowest BCUT2D eigenvalue weighted by atomic mass is 9.96. The van der Waals surface area contributed by atoms with E-state index in [1.165, 1.54) is 4.90 Å². The zero-order chi connectivity index (χ0) is 14.6. The molecule has 6 heteroatoms. The first-order valence-electron chi connectivity index (χ1n) is 6.75. The van der Waals surface area contributed by atoms with E-state index in [0.717, 1.165) is 6.42 Å². The summed E-state index contributed by atoms with van der Waals surface area (Å²) >= 11 is 0. The molecule has 0 aliphatic carbocycles. The minimum atomic E-state index is -1.01. The standard InChI is InChI=1S/C13H24N2O4/c1-9(2)6-15(8-12(17)18)13(19)14-5-4-10(3)11(16)7-14/h9-11,16H,4-8H2,1-3H3,(H,17,18). The van der Waals surface area contributed by atoms with Crippen LogP contribution in [0.25, 0.3) is 0 Å². The van der Waals surface area contributed by atoms with Gasteiger partial charge < -0.3 is 20.0 Å². The molecule has 1 fully saturated rings. The van der Waals surface area contributed by atoms with Crippen molar-refractivity contribution in [3.05, 3.63) is 0 Å². The number of aliphatic hydroxyl groups excluding tert-OH is 1. The highest BCUT2D eigenvalue weighted by atomic mass is 16.4. The van der Waals surface area contributed by atoms with E-state index in [9.17, 15) is 14.7 Å². The number of carboxylic acid groups (broad SMARTS) is 1. The van der Waals surface area contributed by atoms with Gasteiger partial charge in [-0.1, -0.05) is 20.8 Å². The van der Waals surface area contributed by atoms with Crippen molar-refractivity contribution in [2.45, 2.75) is 33.3 Å². The summed E-state index contributed by atoms with van der Waals surface area (Å²) < 4.78 is 0. The van der Waals surface area contributed by atoms with Gasteiger partial charge in [-0.15, -0.1) is 0 Å². The molecule has 0 bridgehead atoms. The molecule has 110 valence electrons. The molecule has 0 aromatic heterocycles. The fourth-order valence-corrected chi connectivity index (χ4v) is 2.24. The van der Waals surface area contributed by atoms with Crippen LogP contribution in [0.5, 0.6) is 0 Å². The monoisotopic (exact) mass is 272 g/mol. The number of urea groups is 1. The molecule has 2 unspecified atom stereocenters. The normalized spacial score (nSPS) is 23.5. The van der Waals surface area contributed by atoms with E-state index in [1.54, 1.807) is 4.90 Å². The third kappa shape index (κ3) is 4.70. The molecule has 1 heterocycles. The molecule has 0 spiro atoms. The second kappa shape index (κ2) is 6.75. The summed E-state index contributed by atoms with van der Waals surface area (Å²) in [5.41, 5.74) is 0. The minimum absolute atomic E-state index is 0.182. The van der Waals surface area contributed by atoms with E-state index >= 15 is 0 Å². The summed E-state index contributed by atoms with van der Waals surface area (Å²) in [6, 6.07) is -0.290. The van der Waals surface area contributed by atoms with Crippen LogP contribution in [-0.2, 0) is 4.79 Å². The van der Waals surface area contributed by atoms with E-state index < -0.39 is 12.1 Å². The number of piperidine rings is 1. The largest absolute Gasteiger partial charge is 0.480 e. The van der Waals surface area contributed by atoms with Gasteiger partial charge in [0.2, 0.25) is 0 Å². The predicted molar refractivity (Wildman–Crippen MR) is 70.8 cm³/mol. The van der Waals surface area contributed by atoms with Gasteiger partial charge in [0, 0.05) is 19.6 Å². The Kier molecular flexibility index (Phi) is 5.60. The summed E-state index contributed by atoms with van der Waals surface area (Å²) in [5.74, 6) is -0.626. The smallest absolute Gasteiger partial charge is 0.323 e. The Morgan fingerprint density at radius 3 is 2.53 bits per heavy atom. The molecule has 1 aliphatic rings. The topological polar surface area (TPSA) is 81.1 Å². The van der Waals surface area contributed by atoms with Gasteiger partial charge in [-0.25, -0.2) is 4.79 Å². The zero-order valence-corrected chi connectivity index (χ0v) is 11.9. The number of β-amino-alcohol motifs (C(OH)–C–C–N with tert-alkyl or cyclic N) is 1. The zero-order valence-electron chi connectivity index (χ0n) is 11.9. The number of hydrogen-bond donors (Lipinski definition) is 2. The summed E-state index contributed by atoms with van der Waals surface area (Å²) in [6.07, 6.45) is 0.221. The van der Waals surface area contributed by atoms with Gasteiger partial charge in [0.05, 0.1) is 6.10 Å². The number of carboxylic acids is 1. The molecule has 0 aromatic carbocycles. The second-order valence-electron chi connectivity index (χ2n) is 5.73. The first kappa shape index (κ1) is 15.8. The number of likely N-dealkylation sites (tertiary alicyclic amines) is 1. The molecule has 2 amide bonds. The number of carbonyl (C=O) groups excluding carboxylic acids is 1. The number of carbonyl (C=O) groups is 2. The number of amides is 2. The molecule has 2 N–H and O–H groups in total. The number of aliphatic hydroxyl groups is 1. The molecular formula is C13H24N2O4. The molecule has 19 heavy (non-hydrogen) atoms. The highest BCUT2D eigenvalue weighted by Gasteiger charge is 2.30. The highest BCUT2D eigenvalue weighted by Crippen LogP contribution is 2.18. The maximum Gasteiger partial charge on any atom is 0.323 e. The molecule has 0 saturated carbocycles. The maximum absolute atomic E-state index is 12.3. The summed E-state index contributed by atoms with van der Waals surface area (Å²) in [7, 11) is 0. The second-order valence-corrected chi connectivity index (χ2v) is 5.73. The molecule has 0 radical (unpaired) electrons. The van der Waals surface area contributed by atoms with Crippen LogP contribution in [0.3, 0.4) is 0 Å². The molecule has 1 saturated heterocycles. The SMILES string of the molecule is CC(C)CN(CC(=O)O)C(=O)N1CCC(C)C(O)C1. The third-order valence-corrected chi connectivity index (χ3v) is 3.37. The van der Waals surface area contributed by atoms with Crippen molar-refractivity contribution in [2.24, 2.45) is 11.8 Å². The average Bonchev–Trinajstić information content (AvgIpc) is 2.29. The van der Waals surface area contributed by atoms with Gasteiger partial charge in [0.1, 0.15) is 6.54 Å². The van der Waals surface area contributed by atoms with Gasteiger partial charge >= 0.3 is 12.0 Å². The van der Waals surface area contributed by atoms with Crippen molar-refractivity contribution in [3.63, 3.8) is 0 Å². The van der Waals surface area contributed by atoms with Gasteiger partial charge in [-0.05, 0) is 18.3 Å². The van der Waals surface area contributed by atoms with Crippen molar-refractivity contribution < 1.29 is 19.8 Å². The van der Waals surface area contributed by atoms with Crippen LogP contribution in [0, 0.1) is 11.8 Å². The molecule has 6 nitrogen and oxygen atoms in total. The van der Waals surface area contributed by atoms with Gasteiger partial charge in [0.25, 0.3) is 0 Å². The number of rotatable bonds is 4. The lowest BCUT2D eigenvalue weighted by Crippen LogP contribution is -2.52. The fourth-order valence-electron chi connectivity index (χ4n) is 2.24. The van der Waals surface area contributed by atoms with Gasteiger partial charge in [-0.2, -0.15) is 0 Å². The van der Waals surface area contributed by atoms with Crippen LogP contribution < -0.4 is 0 Å².